The minimum atomic E-state index is -0.648. The van der Waals surface area contributed by atoms with E-state index in [0.717, 1.165) is 0 Å². The quantitative estimate of drug-likeness (QED) is 0.545. The number of carbonyl (C=O) groups excluding carboxylic acids is 3. The van der Waals surface area contributed by atoms with Crippen molar-refractivity contribution in [3.63, 3.8) is 0 Å². The van der Waals surface area contributed by atoms with Crippen LogP contribution in [0.5, 0.6) is 0 Å². The van der Waals surface area contributed by atoms with Gasteiger partial charge in [-0.25, -0.2) is 0 Å². The maximum atomic E-state index is 11.8. The highest BCUT2D eigenvalue weighted by molar-refractivity contribution is 6.06. The summed E-state index contributed by atoms with van der Waals surface area (Å²) in [6.45, 7) is 4.65. The van der Waals surface area contributed by atoms with Crippen LogP contribution in [-0.2, 0) is 9.59 Å². The van der Waals surface area contributed by atoms with Gasteiger partial charge in [0.15, 0.2) is 5.78 Å². The highest BCUT2D eigenvalue weighted by Gasteiger charge is 2.08. The van der Waals surface area contributed by atoms with E-state index in [-0.39, 0.29) is 17.9 Å². The normalized spacial score (nSPS) is 12.5. The second kappa shape index (κ2) is 8.09. The number of ketones is 1. The standard InChI is InChI=1S/C16H20N2O4/c1-10(16(22)17-9-11(2)19)8-15(21)18-14-6-4-13(5-7-14)12(3)20/h4-8,11,19H,9H2,1-3H3,(H,17,22)(H,18,21)/b10-8-. The van der Waals surface area contributed by atoms with E-state index in [0.29, 0.717) is 11.3 Å². The smallest absolute Gasteiger partial charge is 0.248 e. The Balaban J connectivity index is 2.62. The summed E-state index contributed by atoms with van der Waals surface area (Å²) in [7, 11) is 0. The summed E-state index contributed by atoms with van der Waals surface area (Å²) in [6, 6.07) is 6.46. The second-order valence-electron chi connectivity index (χ2n) is 5.01. The lowest BCUT2D eigenvalue weighted by Gasteiger charge is -2.07. The van der Waals surface area contributed by atoms with Crippen molar-refractivity contribution in [3.8, 4) is 0 Å². The van der Waals surface area contributed by atoms with Gasteiger partial charge in [-0.15, -0.1) is 0 Å². The zero-order valence-corrected chi connectivity index (χ0v) is 12.8. The molecule has 1 aromatic carbocycles. The fourth-order valence-corrected chi connectivity index (χ4v) is 1.61. The molecule has 0 saturated carbocycles. The highest BCUT2D eigenvalue weighted by atomic mass is 16.3. The molecule has 0 radical (unpaired) electrons. The van der Waals surface area contributed by atoms with E-state index in [9.17, 15) is 14.4 Å². The number of aliphatic hydroxyl groups excluding tert-OH is 1. The Hall–Kier alpha value is -2.47. The molecule has 1 rings (SSSR count). The number of aliphatic hydroxyl groups is 1. The minimum absolute atomic E-state index is 0.0524. The number of Topliss-reactive ketones (excluding diaryl/α,β-unsaturated/α-hetero) is 1. The SMILES string of the molecule is CC(=O)c1ccc(NC(=O)/C=C(/C)C(=O)NCC(C)O)cc1. The van der Waals surface area contributed by atoms with Crippen LogP contribution in [0.2, 0.25) is 0 Å². The molecule has 118 valence electrons. The van der Waals surface area contributed by atoms with E-state index >= 15 is 0 Å². The fraction of sp³-hybridized carbons (Fsp3) is 0.312. The first-order chi connectivity index (χ1) is 10.3. The van der Waals surface area contributed by atoms with Gasteiger partial charge in [0.25, 0.3) is 0 Å². The molecule has 3 N–H and O–H groups in total. The molecule has 0 aliphatic heterocycles. The maximum Gasteiger partial charge on any atom is 0.248 e. The largest absolute Gasteiger partial charge is 0.392 e. The highest BCUT2D eigenvalue weighted by Crippen LogP contribution is 2.10. The molecule has 0 aliphatic carbocycles. The molecule has 22 heavy (non-hydrogen) atoms. The summed E-state index contributed by atoms with van der Waals surface area (Å²) >= 11 is 0. The van der Waals surface area contributed by atoms with Gasteiger partial charge in [-0.3, -0.25) is 14.4 Å². The molecule has 0 heterocycles. The molecule has 0 fully saturated rings. The molecule has 1 unspecified atom stereocenters. The molecule has 0 spiro atoms. The predicted molar refractivity (Wildman–Crippen MR) is 83.5 cm³/mol. The van der Waals surface area contributed by atoms with Gasteiger partial charge in [0.05, 0.1) is 6.10 Å². The van der Waals surface area contributed by atoms with Crippen molar-refractivity contribution in [1.29, 1.82) is 0 Å². The zero-order valence-electron chi connectivity index (χ0n) is 12.8. The number of nitrogens with one attached hydrogen (secondary N) is 2. The van der Waals surface area contributed by atoms with Crippen molar-refractivity contribution >= 4 is 23.3 Å². The summed E-state index contributed by atoms with van der Waals surface area (Å²) < 4.78 is 0. The van der Waals surface area contributed by atoms with E-state index in [1.54, 1.807) is 31.2 Å². The van der Waals surface area contributed by atoms with Crippen LogP contribution in [0.3, 0.4) is 0 Å². The predicted octanol–water partition coefficient (Wildman–Crippen LogP) is 1.27. The van der Waals surface area contributed by atoms with Crippen LogP contribution >= 0.6 is 0 Å². The molecule has 0 saturated heterocycles. The molecule has 0 aliphatic rings. The average molecular weight is 304 g/mol. The summed E-state index contributed by atoms with van der Waals surface area (Å²) in [5.74, 6) is -0.911. The Morgan fingerprint density at radius 3 is 2.27 bits per heavy atom. The van der Waals surface area contributed by atoms with E-state index < -0.39 is 17.9 Å². The van der Waals surface area contributed by atoms with Crippen molar-refractivity contribution < 1.29 is 19.5 Å². The molecular formula is C16H20N2O4. The third kappa shape index (κ3) is 5.88. The van der Waals surface area contributed by atoms with Crippen LogP contribution in [-0.4, -0.2) is 35.4 Å². The first kappa shape index (κ1) is 17.6. The number of benzene rings is 1. The zero-order chi connectivity index (χ0) is 16.7. The van der Waals surface area contributed by atoms with E-state index in [1.165, 1.54) is 19.9 Å². The lowest BCUT2D eigenvalue weighted by molar-refractivity contribution is -0.118. The summed E-state index contributed by atoms with van der Waals surface area (Å²) in [6.07, 6.45) is 0.529. The molecule has 1 atom stereocenters. The summed E-state index contributed by atoms with van der Waals surface area (Å²) in [4.78, 5) is 34.6. The van der Waals surface area contributed by atoms with Gasteiger partial charge in [0.1, 0.15) is 0 Å². The monoisotopic (exact) mass is 304 g/mol. The Morgan fingerprint density at radius 2 is 1.77 bits per heavy atom. The van der Waals surface area contributed by atoms with Crippen LogP contribution in [0.15, 0.2) is 35.9 Å². The van der Waals surface area contributed by atoms with Crippen molar-refractivity contribution in [3.05, 3.63) is 41.5 Å². The number of rotatable bonds is 6. The Bertz CT molecular complexity index is 589. The van der Waals surface area contributed by atoms with E-state index in [1.807, 2.05) is 0 Å². The number of anilines is 1. The molecule has 6 nitrogen and oxygen atoms in total. The van der Waals surface area contributed by atoms with Crippen molar-refractivity contribution in [1.82, 2.24) is 5.32 Å². The molecule has 0 bridgehead atoms. The van der Waals surface area contributed by atoms with Crippen molar-refractivity contribution in [2.45, 2.75) is 26.9 Å². The van der Waals surface area contributed by atoms with Gasteiger partial charge in [-0.05, 0) is 45.0 Å². The first-order valence-electron chi connectivity index (χ1n) is 6.86. The van der Waals surface area contributed by atoms with Gasteiger partial charge in [0.2, 0.25) is 11.8 Å². The molecule has 1 aromatic rings. The number of amides is 2. The van der Waals surface area contributed by atoms with Gasteiger partial charge in [-0.2, -0.15) is 0 Å². The van der Waals surface area contributed by atoms with Crippen LogP contribution in [0.4, 0.5) is 5.69 Å². The molecule has 0 aromatic heterocycles. The lowest BCUT2D eigenvalue weighted by atomic mass is 10.1. The van der Waals surface area contributed by atoms with Gasteiger partial charge >= 0.3 is 0 Å². The minimum Gasteiger partial charge on any atom is -0.392 e. The summed E-state index contributed by atoms with van der Waals surface area (Å²) in [5, 5.41) is 14.2. The van der Waals surface area contributed by atoms with Crippen LogP contribution in [0, 0.1) is 0 Å². The van der Waals surface area contributed by atoms with Crippen molar-refractivity contribution in [2.75, 3.05) is 11.9 Å². The van der Waals surface area contributed by atoms with E-state index in [2.05, 4.69) is 10.6 Å². The second-order valence-corrected chi connectivity index (χ2v) is 5.01. The maximum absolute atomic E-state index is 11.8. The number of carbonyl (C=O) groups is 3. The third-order valence-corrected chi connectivity index (χ3v) is 2.82. The Kier molecular flexibility index (Phi) is 6.47. The summed E-state index contributed by atoms with van der Waals surface area (Å²) in [5.41, 5.74) is 1.32. The van der Waals surface area contributed by atoms with Gasteiger partial charge < -0.3 is 15.7 Å². The van der Waals surface area contributed by atoms with Crippen LogP contribution in [0.1, 0.15) is 31.1 Å². The molecular weight excluding hydrogens is 284 g/mol. The third-order valence-electron chi connectivity index (χ3n) is 2.82. The van der Waals surface area contributed by atoms with E-state index in [4.69, 9.17) is 5.11 Å². The number of hydrogen-bond acceptors (Lipinski definition) is 4. The topological polar surface area (TPSA) is 95.5 Å². The first-order valence-corrected chi connectivity index (χ1v) is 6.86. The fourth-order valence-electron chi connectivity index (χ4n) is 1.61. The Labute approximate surface area is 129 Å². The van der Waals surface area contributed by atoms with Crippen LogP contribution in [0.25, 0.3) is 0 Å². The Morgan fingerprint density at radius 1 is 1.18 bits per heavy atom. The van der Waals surface area contributed by atoms with Crippen LogP contribution < -0.4 is 10.6 Å². The number of hydrogen-bond donors (Lipinski definition) is 3. The van der Waals surface area contributed by atoms with Gasteiger partial charge in [-0.1, -0.05) is 0 Å². The van der Waals surface area contributed by atoms with Gasteiger partial charge in [0, 0.05) is 29.4 Å². The molecule has 6 heteroatoms. The lowest BCUT2D eigenvalue weighted by Crippen LogP contribution is -2.31. The average Bonchev–Trinajstić information content (AvgIpc) is 2.44. The van der Waals surface area contributed by atoms with Crippen molar-refractivity contribution in [2.24, 2.45) is 0 Å². The molecule has 2 amide bonds.